The minimum atomic E-state index is -0.528. The number of hydrogen-bond donors (Lipinski definition) is 2. The third-order valence-corrected chi connectivity index (χ3v) is 7.53. The number of phenols is 1. The molecule has 5 rings (SSSR count). The molecule has 3 aromatic heterocycles. The molecule has 1 aromatic carbocycles. The van der Waals surface area contributed by atoms with Crippen molar-refractivity contribution >= 4 is 22.8 Å². The molecule has 42 heavy (non-hydrogen) atoms. The molecule has 1 aliphatic rings. The summed E-state index contributed by atoms with van der Waals surface area (Å²) in [7, 11) is 1.35. The molecule has 0 aliphatic carbocycles. The largest absolute Gasteiger partial charge is 0.507 e. The first-order chi connectivity index (χ1) is 20.4. The van der Waals surface area contributed by atoms with Crippen molar-refractivity contribution in [1.82, 2.24) is 30.0 Å². The molecular weight excluding hydrogens is 542 g/mol. The molecule has 4 heterocycles. The van der Waals surface area contributed by atoms with Gasteiger partial charge < -0.3 is 34.5 Å². The zero-order chi connectivity index (χ0) is 29.6. The van der Waals surface area contributed by atoms with Crippen LogP contribution in [-0.2, 0) is 14.3 Å². The molecule has 13 heteroatoms. The molecule has 13 nitrogen and oxygen atoms in total. The average Bonchev–Trinajstić information content (AvgIpc) is 3.59. The third kappa shape index (κ3) is 6.47. The number of anilines is 1. The van der Waals surface area contributed by atoms with E-state index < -0.39 is 5.92 Å². The molecule has 224 valence electrons. The van der Waals surface area contributed by atoms with Crippen LogP contribution in [0.5, 0.6) is 11.6 Å². The summed E-state index contributed by atoms with van der Waals surface area (Å²) in [5, 5.41) is 27.3. The number of ether oxygens (including phenoxy) is 3. The van der Waals surface area contributed by atoms with Gasteiger partial charge in [-0.3, -0.25) is 9.48 Å². The van der Waals surface area contributed by atoms with Crippen LogP contribution < -0.4 is 10.5 Å². The van der Waals surface area contributed by atoms with Crippen LogP contribution in [0.15, 0.2) is 40.9 Å². The Hall–Kier alpha value is -4.23. The number of aromatic nitrogens is 5. The number of hydrogen-bond acceptors (Lipinski definition) is 12. The number of esters is 1. The molecule has 0 bridgehead atoms. The number of carbonyl (C=O) groups is 1. The maximum Gasteiger partial charge on any atom is 0.316 e. The van der Waals surface area contributed by atoms with E-state index in [1.54, 1.807) is 18.2 Å². The van der Waals surface area contributed by atoms with Crippen molar-refractivity contribution in [1.29, 1.82) is 0 Å². The van der Waals surface area contributed by atoms with E-state index in [9.17, 15) is 9.90 Å². The van der Waals surface area contributed by atoms with Crippen LogP contribution in [0.1, 0.15) is 44.4 Å². The van der Waals surface area contributed by atoms with Gasteiger partial charge in [-0.1, -0.05) is 26.0 Å². The average molecular weight is 580 g/mol. The lowest BCUT2D eigenvalue weighted by Gasteiger charge is -2.32. The Balaban J connectivity index is 1.07. The summed E-state index contributed by atoms with van der Waals surface area (Å²) in [6.45, 7) is 7.74. The van der Waals surface area contributed by atoms with Gasteiger partial charge in [0.1, 0.15) is 18.3 Å². The van der Waals surface area contributed by atoms with Crippen LogP contribution in [0.4, 0.5) is 5.82 Å². The lowest BCUT2D eigenvalue weighted by molar-refractivity contribution is -0.144. The topological polar surface area (TPSA) is 164 Å². The fraction of sp³-hybridized carbons (Fsp3) is 0.483. The van der Waals surface area contributed by atoms with E-state index in [4.69, 9.17) is 24.5 Å². The fourth-order valence-corrected chi connectivity index (χ4v) is 5.28. The number of nitrogens with two attached hydrogens (primary N) is 1. The van der Waals surface area contributed by atoms with Gasteiger partial charge in [0.25, 0.3) is 5.88 Å². The van der Waals surface area contributed by atoms with Gasteiger partial charge in [-0.15, -0.1) is 10.2 Å². The highest BCUT2D eigenvalue weighted by molar-refractivity contribution is 5.87. The molecule has 0 radical (unpaired) electrons. The maximum atomic E-state index is 12.0. The predicted molar refractivity (Wildman–Crippen MR) is 154 cm³/mol. The number of phenolic OH excluding ortho intramolecular Hbond substituents is 1. The monoisotopic (exact) mass is 579 g/mol. The molecule has 0 saturated carbocycles. The number of rotatable bonds is 12. The number of likely N-dealkylation sites (tertiary alicyclic amines) is 1. The van der Waals surface area contributed by atoms with Crippen molar-refractivity contribution in [2.24, 2.45) is 5.92 Å². The van der Waals surface area contributed by atoms with Crippen molar-refractivity contribution in [3.05, 3.63) is 42.2 Å². The second kappa shape index (κ2) is 13.2. The molecule has 1 unspecified atom stereocenters. The van der Waals surface area contributed by atoms with Gasteiger partial charge in [0.05, 0.1) is 37.6 Å². The minimum Gasteiger partial charge on any atom is -0.507 e. The number of nitrogen functional groups attached to an aromatic ring is 1. The van der Waals surface area contributed by atoms with E-state index in [-0.39, 0.29) is 23.7 Å². The Bertz CT molecular complexity index is 1490. The molecule has 3 N–H and O–H groups in total. The molecule has 1 saturated heterocycles. The Morgan fingerprint density at radius 1 is 1.14 bits per heavy atom. The predicted octanol–water partition coefficient (Wildman–Crippen LogP) is 3.41. The van der Waals surface area contributed by atoms with Gasteiger partial charge in [0.2, 0.25) is 0 Å². The summed E-state index contributed by atoms with van der Waals surface area (Å²) in [6, 6.07) is 10.8. The van der Waals surface area contributed by atoms with E-state index in [1.807, 2.05) is 36.7 Å². The first-order valence-electron chi connectivity index (χ1n) is 14.1. The van der Waals surface area contributed by atoms with Crippen LogP contribution in [0.25, 0.3) is 22.3 Å². The van der Waals surface area contributed by atoms with Gasteiger partial charge in [0, 0.05) is 31.3 Å². The Labute approximate surface area is 243 Å². The number of methoxy groups -OCH3 is 1. The van der Waals surface area contributed by atoms with Gasteiger partial charge in [-0.2, -0.15) is 5.10 Å². The Morgan fingerprint density at radius 3 is 2.67 bits per heavy atom. The number of carbonyl (C=O) groups excluding carboxylic acids is 1. The first kappa shape index (κ1) is 29.3. The number of benzene rings is 1. The second-order valence-electron chi connectivity index (χ2n) is 10.7. The lowest BCUT2D eigenvalue weighted by Crippen LogP contribution is -2.37. The highest BCUT2D eigenvalue weighted by Crippen LogP contribution is 2.32. The standard InChI is InChI=1S/C29H37N7O6/c1-18(2)26(29(38)39-3)24-17-25(34-42-24)41-15-14-40-13-12-35-10-8-19(9-11-35)36-22-16-21(20-6-4-5-7-23(20)37)31-32-27(22)28(30)33-36/h4-7,16-19,26,37H,8-15H2,1-3H3,(H2,30,33). The summed E-state index contributed by atoms with van der Waals surface area (Å²) in [6.07, 6.45) is 1.82. The van der Waals surface area contributed by atoms with Crippen LogP contribution in [-0.4, -0.2) is 87.7 Å². The van der Waals surface area contributed by atoms with Crippen LogP contribution in [0.2, 0.25) is 0 Å². The summed E-state index contributed by atoms with van der Waals surface area (Å²) in [5.74, 6) is 0.344. The van der Waals surface area contributed by atoms with Gasteiger partial charge in [0.15, 0.2) is 17.1 Å². The number of nitrogens with zero attached hydrogens (tertiary/aromatic N) is 6. The van der Waals surface area contributed by atoms with Gasteiger partial charge >= 0.3 is 5.97 Å². The molecule has 4 aromatic rings. The summed E-state index contributed by atoms with van der Waals surface area (Å²) < 4.78 is 23.5. The lowest BCUT2D eigenvalue weighted by atomic mass is 9.93. The fourth-order valence-electron chi connectivity index (χ4n) is 5.28. The SMILES string of the molecule is COC(=O)C(c1cc(OCCOCCN2CCC(n3nc(N)c4nnc(-c5ccccc5O)cc43)CC2)no1)C(C)C. The zero-order valence-corrected chi connectivity index (χ0v) is 24.1. The molecule has 0 amide bonds. The Kier molecular flexibility index (Phi) is 9.18. The second-order valence-corrected chi connectivity index (χ2v) is 10.7. The first-order valence-corrected chi connectivity index (χ1v) is 14.1. The summed E-state index contributed by atoms with van der Waals surface area (Å²) in [4.78, 5) is 14.4. The van der Waals surface area contributed by atoms with Gasteiger partial charge in [-0.05, 0) is 42.1 Å². The minimum absolute atomic E-state index is 0.000815. The van der Waals surface area contributed by atoms with Crippen LogP contribution in [0.3, 0.4) is 0 Å². The molecular formula is C29H37N7O6. The van der Waals surface area contributed by atoms with E-state index in [1.165, 1.54) is 7.11 Å². The van der Waals surface area contributed by atoms with Crippen molar-refractivity contribution in [2.75, 3.05) is 52.3 Å². The number of aromatic hydroxyl groups is 1. The van der Waals surface area contributed by atoms with Gasteiger partial charge in [-0.25, -0.2) is 0 Å². The maximum absolute atomic E-state index is 12.0. The molecule has 1 aliphatic heterocycles. The zero-order valence-electron chi connectivity index (χ0n) is 24.1. The van der Waals surface area contributed by atoms with E-state index in [0.29, 0.717) is 54.1 Å². The quantitative estimate of drug-likeness (QED) is 0.186. The normalized spacial score (nSPS) is 15.3. The van der Waals surface area contributed by atoms with Crippen molar-refractivity contribution in [3.63, 3.8) is 0 Å². The number of piperidine rings is 1. The van der Waals surface area contributed by atoms with Crippen molar-refractivity contribution in [2.45, 2.75) is 38.6 Å². The Morgan fingerprint density at radius 2 is 1.93 bits per heavy atom. The highest BCUT2D eigenvalue weighted by atomic mass is 16.6. The van der Waals surface area contributed by atoms with E-state index >= 15 is 0 Å². The molecule has 1 fully saturated rings. The smallest absolute Gasteiger partial charge is 0.316 e. The van der Waals surface area contributed by atoms with E-state index in [2.05, 4.69) is 25.4 Å². The molecule has 1 atom stereocenters. The van der Waals surface area contributed by atoms with E-state index in [0.717, 1.165) is 38.0 Å². The van der Waals surface area contributed by atoms with Crippen LogP contribution >= 0.6 is 0 Å². The summed E-state index contributed by atoms with van der Waals surface area (Å²) >= 11 is 0. The molecule has 0 spiro atoms. The van der Waals surface area contributed by atoms with Crippen LogP contribution in [0, 0.1) is 5.92 Å². The number of fused-ring (bicyclic) bond motifs is 1. The summed E-state index contributed by atoms with van der Waals surface area (Å²) in [5.41, 5.74) is 8.73. The highest BCUT2D eigenvalue weighted by Gasteiger charge is 2.29. The van der Waals surface area contributed by atoms with Crippen molar-refractivity contribution in [3.8, 4) is 22.9 Å². The third-order valence-electron chi connectivity index (χ3n) is 7.53. The number of para-hydroxylation sites is 1. The van der Waals surface area contributed by atoms with Crippen molar-refractivity contribution < 1.29 is 28.6 Å².